The van der Waals surface area contributed by atoms with E-state index >= 15 is 0 Å². The summed E-state index contributed by atoms with van der Waals surface area (Å²) in [5, 5.41) is 3.51. The quantitative estimate of drug-likeness (QED) is 0.118. The Morgan fingerprint density at radius 1 is 0.807 bits per heavy atom. The molecular weight excluding hydrogens is 896 g/mol. The SMILES string of the molecule is CC(C)(C)Cc1cc(-c2[c-]ccc(C(C)(C)C)c2)ncc1[Si](C)(C)C.CC(C)C(C)c1ccnc(-c2[c-]cc(-c3ccc(F)cc3)c3c2oc2ccccc23)c1.[Ir]. The van der Waals surface area contributed by atoms with Gasteiger partial charge in [-0.3, -0.25) is 0 Å². The average Bonchev–Trinajstić information content (AvgIpc) is 3.53. The van der Waals surface area contributed by atoms with Gasteiger partial charge in [0.2, 0.25) is 0 Å². The van der Waals surface area contributed by atoms with Gasteiger partial charge in [0.1, 0.15) is 11.4 Å². The molecule has 0 bridgehead atoms. The van der Waals surface area contributed by atoms with Gasteiger partial charge in [-0.05, 0) is 75.3 Å². The second kappa shape index (κ2) is 17.3. The van der Waals surface area contributed by atoms with E-state index in [0.717, 1.165) is 62.0 Å². The van der Waals surface area contributed by atoms with E-state index in [1.165, 1.54) is 34.0 Å². The summed E-state index contributed by atoms with van der Waals surface area (Å²) in [6, 6.07) is 36.3. The first kappa shape index (κ1) is 43.9. The normalized spacial score (nSPS) is 12.7. The van der Waals surface area contributed by atoms with Crippen molar-refractivity contribution in [2.45, 2.75) is 99.7 Å². The summed E-state index contributed by atoms with van der Waals surface area (Å²) < 4.78 is 19.8. The van der Waals surface area contributed by atoms with Crippen LogP contribution in [0.15, 0.2) is 108 Å². The van der Waals surface area contributed by atoms with E-state index in [4.69, 9.17) is 9.40 Å². The molecule has 0 fully saturated rings. The van der Waals surface area contributed by atoms with Gasteiger partial charge in [-0.25, -0.2) is 4.39 Å². The maximum atomic E-state index is 13.5. The number of halogens is 1. The molecule has 0 amide bonds. The minimum absolute atomic E-state index is 0. The molecular formula is C51H57FIrN2OSi-2. The van der Waals surface area contributed by atoms with Gasteiger partial charge in [0, 0.05) is 37.9 Å². The zero-order valence-corrected chi connectivity index (χ0v) is 39.1. The number of nitrogens with zero attached hydrogens (tertiary/aromatic N) is 2. The van der Waals surface area contributed by atoms with Crippen molar-refractivity contribution in [1.82, 2.24) is 9.97 Å². The van der Waals surface area contributed by atoms with Gasteiger partial charge >= 0.3 is 0 Å². The standard InChI is InChI=1S/C28H23FNO.C23H34NSi.Ir/c1-17(2)18(3)20-14-15-30-25(16-20)23-13-12-22(19-8-10-21(29)11-9-19)27-24-6-4-5-7-26(24)31-28(23)27;1-22(2,3)15-18-14-20(24-16-21(18)25(7,8)9)17-11-10-12-19(13-17)23(4,5)6;/h4-12,14-18H,1-3H3;10,12-14,16H,15H2,1-9H3;/q2*-1;. The van der Waals surface area contributed by atoms with Crippen molar-refractivity contribution >= 4 is 35.2 Å². The Morgan fingerprint density at radius 3 is 2.16 bits per heavy atom. The third-order valence-electron chi connectivity index (χ3n) is 10.6. The zero-order valence-electron chi connectivity index (χ0n) is 35.7. The largest absolute Gasteiger partial charge is 0.501 e. The minimum Gasteiger partial charge on any atom is -0.501 e. The first-order valence-corrected chi connectivity index (χ1v) is 23.4. The van der Waals surface area contributed by atoms with Crippen LogP contribution in [0.2, 0.25) is 19.6 Å². The summed E-state index contributed by atoms with van der Waals surface area (Å²) in [5.74, 6) is 0.704. The third kappa shape index (κ3) is 10.3. The molecule has 1 unspecified atom stereocenters. The molecule has 1 atom stereocenters. The number of hydrogen-bond acceptors (Lipinski definition) is 3. The summed E-state index contributed by atoms with van der Waals surface area (Å²) in [5.41, 5.74) is 11.7. The van der Waals surface area contributed by atoms with E-state index < -0.39 is 8.07 Å². The smallest absolute Gasteiger partial charge is 0.123 e. The Labute approximate surface area is 354 Å². The van der Waals surface area contributed by atoms with Crippen LogP contribution in [0.5, 0.6) is 0 Å². The maximum Gasteiger partial charge on any atom is 0.123 e. The van der Waals surface area contributed by atoms with E-state index in [9.17, 15) is 4.39 Å². The van der Waals surface area contributed by atoms with Gasteiger partial charge in [0.25, 0.3) is 0 Å². The van der Waals surface area contributed by atoms with Gasteiger partial charge in [-0.15, -0.1) is 47.5 Å². The number of fused-ring (bicyclic) bond motifs is 3. The fourth-order valence-corrected chi connectivity index (χ4v) is 8.76. The summed E-state index contributed by atoms with van der Waals surface area (Å²) in [7, 11) is -1.42. The number of aromatic nitrogens is 2. The molecule has 3 aromatic heterocycles. The van der Waals surface area contributed by atoms with Crippen LogP contribution in [0.25, 0.3) is 55.6 Å². The zero-order chi connectivity index (χ0) is 40.6. The first-order chi connectivity index (χ1) is 26.3. The number of benzene rings is 4. The van der Waals surface area contributed by atoms with Gasteiger partial charge in [0.05, 0.1) is 13.7 Å². The number of para-hydroxylation sites is 1. The number of pyridine rings is 2. The van der Waals surface area contributed by atoms with Crippen LogP contribution in [-0.4, -0.2) is 18.0 Å². The predicted octanol–water partition coefficient (Wildman–Crippen LogP) is 14.0. The minimum atomic E-state index is -1.42. The van der Waals surface area contributed by atoms with Crippen LogP contribution < -0.4 is 5.19 Å². The third-order valence-corrected chi connectivity index (χ3v) is 12.7. The Morgan fingerprint density at radius 2 is 1.51 bits per heavy atom. The molecule has 3 nitrogen and oxygen atoms in total. The van der Waals surface area contributed by atoms with Gasteiger partial charge in [0.15, 0.2) is 0 Å². The summed E-state index contributed by atoms with van der Waals surface area (Å²) >= 11 is 0. The van der Waals surface area contributed by atoms with Crippen molar-refractivity contribution in [3.63, 3.8) is 0 Å². The fraction of sp³-hybridized carbons (Fsp3) is 0.333. The molecule has 0 spiro atoms. The topological polar surface area (TPSA) is 38.9 Å². The van der Waals surface area contributed by atoms with Crippen molar-refractivity contribution in [3.8, 4) is 33.6 Å². The van der Waals surface area contributed by atoms with E-state index in [1.54, 1.807) is 12.1 Å². The maximum absolute atomic E-state index is 13.5. The van der Waals surface area contributed by atoms with Crippen molar-refractivity contribution in [2.24, 2.45) is 11.3 Å². The van der Waals surface area contributed by atoms with Crippen molar-refractivity contribution < 1.29 is 28.9 Å². The van der Waals surface area contributed by atoms with Crippen LogP contribution in [0.3, 0.4) is 0 Å². The second-order valence-electron chi connectivity index (χ2n) is 18.8. The molecule has 0 N–H and O–H groups in total. The summed E-state index contributed by atoms with van der Waals surface area (Å²) in [6.45, 7) is 27.6. The van der Waals surface area contributed by atoms with Crippen molar-refractivity contribution in [2.75, 3.05) is 0 Å². The molecule has 57 heavy (non-hydrogen) atoms. The van der Waals surface area contributed by atoms with Gasteiger partial charge in [-0.2, -0.15) is 0 Å². The molecule has 1 radical (unpaired) electrons. The number of rotatable bonds is 7. The molecule has 7 rings (SSSR count). The van der Waals surface area contributed by atoms with Crippen molar-refractivity contribution in [3.05, 3.63) is 138 Å². The molecule has 0 aliphatic rings. The van der Waals surface area contributed by atoms with Crippen LogP contribution in [0, 0.1) is 29.3 Å². The van der Waals surface area contributed by atoms with Crippen LogP contribution in [-0.2, 0) is 31.9 Å². The molecule has 4 aromatic carbocycles. The Kier molecular flexibility index (Phi) is 13.3. The van der Waals surface area contributed by atoms with Gasteiger partial charge in [-0.1, -0.05) is 152 Å². The average molecular weight is 953 g/mol. The van der Waals surface area contributed by atoms with Gasteiger partial charge < -0.3 is 14.4 Å². The Balaban J connectivity index is 0.000000219. The first-order valence-electron chi connectivity index (χ1n) is 19.9. The molecule has 6 heteroatoms. The summed E-state index contributed by atoms with van der Waals surface area (Å²) in [6.07, 6.45) is 5.08. The van der Waals surface area contributed by atoms with E-state index in [1.807, 2.05) is 36.5 Å². The van der Waals surface area contributed by atoms with E-state index in [2.05, 4.69) is 142 Å². The van der Waals surface area contributed by atoms with Crippen LogP contribution >= 0.6 is 0 Å². The molecule has 7 aromatic rings. The molecule has 299 valence electrons. The van der Waals surface area contributed by atoms with Crippen molar-refractivity contribution in [1.29, 1.82) is 0 Å². The molecule has 0 saturated carbocycles. The summed E-state index contributed by atoms with van der Waals surface area (Å²) in [4.78, 5) is 9.48. The Hall–Kier alpha value is -4.22. The number of furan rings is 1. The van der Waals surface area contributed by atoms with Crippen LogP contribution in [0.4, 0.5) is 4.39 Å². The van der Waals surface area contributed by atoms with E-state index in [0.29, 0.717) is 11.8 Å². The monoisotopic (exact) mass is 953 g/mol. The number of hydrogen-bond donors (Lipinski definition) is 0. The second-order valence-corrected chi connectivity index (χ2v) is 23.9. The molecule has 0 aliphatic heterocycles. The van der Waals surface area contributed by atoms with Crippen LogP contribution in [0.1, 0.15) is 84.9 Å². The van der Waals surface area contributed by atoms with E-state index in [-0.39, 0.29) is 36.8 Å². The molecule has 0 saturated heterocycles. The Bertz CT molecular complexity index is 2460. The molecule has 3 heterocycles. The molecule has 0 aliphatic carbocycles. The predicted molar refractivity (Wildman–Crippen MR) is 238 cm³/mol. The fourth-order valence-electron chi connectivity index (χ4n) is 7.19.